The Balaban J connectivity index is 1.50. The minimum atomic E-state index is -0.292. The van der Waals surface area contributed by atoms with E-state index in [2.05, 4.69) is 77.6 Å². The summed E-state index contributed by atoms with van der Waals surface area (Å²) in [4.78, 5) is 17.1. The number of aryl methyl sites for hydroxylation is 4. The Bertz CT molecular complexity index is 1880. The van der Waals surface area contributed by atoms with Gasteiger partial charge in [-0.15, -0.1) is 0 Å². The van der Waals surface area contributed by atoms with Crippen molar-refractivity contribution in [3.63, 3.8) is 0 Å². The molecule has 0 spiro atoms. The summed E-state index contributed by atoms with van der Waals surface area (Å²) in [6.07, 6.45) is 48.3. The first-order chi connectivity index (χ1) is 37.6. The fraction of sp³-hybridized carbons (Fsp3) is 0.729. The minimum Gasteiger partial charge on any atom is -0.490 e. The van der Waals surface area contributed by atoms with Gasteiger partial charge in [0.25, 0.3) is 5.91 Å². The first-order valence-electron chi connectivity index (χ1n) is 32.7. The van der Waals surface area contributed by atoms with E-state index in [-0.39, 0.29) is 11.3 Å². The van der Waals surface area contributed by atoms with Crippen LogP contribution in [0.3, 0.4) is 0 Å². The van der Waals surface area contributed by atoms with Crippen LogP contribution in [0.15, 0.2) is 36.4 Å². The molecule has 0 atom stereocenters. The van der Waals surface area contributed by atoms with Crippen molar-refractivity contribution in [1.82, 2.24) is 4.90 Å². The van der Waals surface area contributed by atoms with Crippen LogP contribution in [-0.4, -0.2) is 43.7 Å². The van der Waals surface area contributed by atoms with Crippen molar-refractivity contribution in [2.24, 2.45) is 0 Å². The Kier molecular flexibility index (Phi) is 33.7. The highest BCUT2D eigenvalue weighted by molar-refractivity contribution is 5.96. The third-order valence-corrected chi connectivity index (χ3v) is 17.2. The number of likely N-dealkylation sites (tertiary alicyclic amines) is 1. The zero-order valence-electron chi connectivity index (χ0n) is 51.1. The minimum absolute atomic E-state index is 0.0193. The summed E-state index contributed by atoms with van der Waals surface area (Å²) in [6, 6.07) is 13.0. The summed E-state index contributed by atoms with van der Waals surface area (Å²) in [5.74, 6) is 1.98. The number of amides is 1. The van der Waals surface area contributed by atoms with Crippen LogP contribution < -0.4 is 25.7 Å². The number of rotatable bonds is 45. The summed E-state index contributed by atoms with van der Waals surface area (Å²) in [5, 5.41) is 0. The van der Waals surface area contributed by atoms with Gasteiger partial charge in [-0.1, -0.05) is 257 Å². The fourth-order valence-corrected chi connectivity index (χ4v) is 11.9. The van der Waals surface area contributed by atoms with Crippen molar-refractivity contribution in [3.8, 4) is 17.2 Å². The van der Waals surface area contributed by atoms with Gasteiger partial charge in [-0.2, -0.15) is 0 Å². The van der Waals surface area contributed by atoms with E-state index in [4.69, 9.17) is 25.7 Å². The van der Waals surface area contributed by atoms with Crippen molar-refractivity contribution in [2.45, 2.75) is 298 Å². The van der Waals surface area contributed by atoms with Gasteiger partial charge >= 0.3 is 0 Å². The molecule has 0 saturated carbocycles. The molecule has 0 radical (unpaired) electrons. The van der Waals surface area contributed by atoms with Crippen LogP contribution >= 0.6 is 0 Å². The lowest BCUT2D eigenvalue weighted by Crippen LogP contribution is -2.46. The van der Waals surface area contributed by atoms with Gasteiger partial charge in [0.05, 0.1) is 19.8 Å². The predicted octanol–water partition coefficient (Wildman–Crippen LogP) is 20.5. The summed E-state index contributed by atoms with van der Waals surface area (Å²) in [7, 11) is 0. The fourth-order valence-electron chi connectivity index (χ4n) is 11.9. The predicted molar refractivity (Wildman–Crippen MR) is 333 cm³/mol. The Labute approximate surface area is 473 Å². The van der Waals surface area contributed by atoms with Crippen molar-refractivity contribution in [1.29, 1.82) is 0 Å². The van der Waals surface area contributed by atoms with Gasteiger partial charge in [0, 0.05) is 35.4 Å². The number of ether oxygens (including phenoxy) is 3. The third kappa shape index (κ3) is 24.2. The van der Waals surface area contributed by atoms with Crippen LogP contribution in [0.2, 0.25) is 0 Å². The molecule has 4 rings (SSSR count). The SMILES string of the molecule is CCCCCCCCCCCCCCOc1cc(C(=O)N2CCC(c3cc(C)c(N)c(C)c3)(c3cc(C)c(N)c(C)c3)CC2)cc(OCCCCCCCCCCCCCC)c1OCCCCCCCCCCCCCC. The lowest BCUT2D eigenvalue weighted by Gasteiger charge is -2.43. The summed E-state index contributed by atoms with van der Waals surface area (Å²) in [5.41, 5.74) is 22.0. The van der Waals surface area contributed by atoms with Gasteiger partial charge in [-0.25, -0.2) is 0 Å². The molecule has 4 N–H and O–H groups in total. The second kappa shape index (κ2) is 39.5. The van der Waals surface area contributed by atoms with Crippen LogP contribution in [0.1, 0.15) is 309 Å². The van der Waals surface area contributed by atoms with E-state index < -0.39 is 0 Å². The van der Waals surface area contributed by atoms with Gasteiger partial charge in [-0.05, 0) is 105 Å². The molecule has 1 saturated heterocycles. The molecule has 0 aliphatic carbocycles. The maximum atomic E-state index is 15.0. The maximum absolute atomic E-state index is 15.0. The molecule has 3 aromatic rings. The number of nitrogens with zero attached hydrogens (tertiary/aromatic N) is 1. The number of hydrogen-bond acceptors (Lipinski definition) is 6. The van der Waals surface area contributed by atoms with Crippen molar-refractivity contribution in [2.75, 3.05) is 44.4 Å². The third-order valence-electron chi connectivity index (χ3n) is 17.2. The van der Waals surface area contributed by atoms with Crippen LogP contribution in [0.5, 0.6) is 17.2 Å². The van der Waals surface area contributed by atoms with Crippen molar-refractivity contribution >= 4 is 17.3 Å². The van der Waals surface area contributed by atoms with Crippen LogP contribution in [-0.2, 0) is 5.41 Å². The van der Waals surface area contributed by atoms with Crippen LogP contribution in [0.4, 0.5) is 11.4 Å². The summed E-state index contributed by atoms with van der Waals surface area (Å²) < 4.78 is 20.3. The highest BCUT2D eigenvalue weighted by Crippen LogP contribution is 2.46. The molecular formula is C70H117N3O4. The number of benzene rings is 3. The molecule has 1 heterocycles. The smallest absolute Gasteiger partial charge is 0.254 e. The van der Waals surface area contributed by atoms with E-state index in [1.807, 2.05) is 12.1 Å². The molecule has 0 bridgehead atoms. The molecule has 77 heavy (non-hydrogen) atoms. The highest BCUT2D eigenvalue weighted by Gasteiger charge is 2.40. The molecule has 1 aliphatic rings. The Morgan fingerprint density at radius 1 is 0.403 bits per heavy atom. The average molecular weight is 1060 g/mol. The number of anilines is 2. The molecule has 7 heteroatoms. The van der Waals surface area contributed by atoms with Gasteiger partial charge in [0.2, 0.25) is 5.75 Å². The molecule has 1 aliphatic heterocycles. The molecule has 436 valence electrons. The first kappa shape index (κ1) is 65.6. The number of piperidine rings is 1. The number of carbonyl (C=O) groups excluding carboxylic acids is 1. The van der Waals surface area contributed by atoms with Gasteiger partial charge in [0.1, 0.15) is 0 Å². The van der Waals surface area contributed by atoms with E-state index in [0.717, 1.165) is 85.0 Å². The van der Waals surface area contributed by atoms with Gasteiger partial charge in [0.15, 0.2) is 11.5 Å². The second-order valence-corrected chi connectivity index (χ2v) is 23.9. The number of unbranched alkanes of at least 4 members (excludes halogenated alkanes) is 33. The quantitative estimate of drug-likeness (QED) is 0.0432. The molecule has 0 aromatic heterocycles. The summed E-state index contributed by atoms with van der Waals surface area (Å²) >= 11 is 0. The van der Waals surface area contributed by atoms with Gasteiger partial charge < -0.3 is 30.6 Å². The first-order valence-corrected chi connectivity index (χ1v) is 32.7. The van der Waals surface area contributed by atoms with E-state index >= 15 is 4.79 Å². The molecular weight excluding hydrogens is 947 g/mol. The van der Waals surface area contributed by atoms with Crippen molar-refractivity contribution < 1.29 is 19.0 Å². The van der Waals surface area contributed by atoms with Crippen molar-refractivity contribution in [3.05, 3.63) is 75.3 Å². The average Bonchev–Trinajstić information content (AvgIpc) is 3.46. The number of nitrogens with two attached hydrogens (primary N) is 2. The molecule has 1 fully saturated rings. The van der Waals surface area contributed by atoms with E-state index in [1.165, 1.54) is 204 Å². The lowest BCUT2D eigenvalue weighted by molar-refractivity contribution is 0.0684. The summed E-state index contributed by atoms with van der Waals surface area (Å²) in [6.45, 7) is 18.3. The molecule has 0 unspecified atom stereocenters. The monoisotopic (exact) mass is 1060 g/mol. The second-order valence-electron chi connectivity index (χ2n) is 23.9. The number of carbonyl (C=O) groups is 1. The Hall–Kier alpha value is -3.87. The lowest BCUT2D eigenvalue weighted by atomic mass is 9.66. The largest absolute Gasteiger partial charge is 0.490 e. The van der Waals surface area contributed by atoms with Crippen LogP contribution in [0.25, 0.3) is 0 Å². The maximum Gasteiger partial charge on any atom is 0.254 e. The topological polar surface area (TPSA) is 100 Å². The molecule has 7 nitrogen and oxygen atoms in total. The standard InChI is InChI=1S/C70H117N3O4/c1-8-11-14-17-20-23-26-29-32-35-38-41-48-75-64-55-61(69(74)73-46-44-70(45-47-73,62-51-57(4)66(71)58(5)52-62)63-53-59(6)67(72)60(7)54-63)56-65(76-49-42-39-36-33-30-27-24-21-18-15-12-9-2)68(64)77-50-43-40-37-34-31-28-25-22-19-16-13-10-3/h51-56H,8-50,71-72H2,1-7H3. The number of hydrogen-bond donors (Lipinski definition) is 2. The number of nitrogen functional groups attached to an aromatic ring is 2. The molecule has 3 aromatic carbocycles. The van der Waals surface area contributed by atoms with E-state index in [0.29, 0.717) is 55.7 Å². The van der Waals surface area contributed by atoms with Gasteiger partial charge in [-0.3, -0.25) is 4.79 Å². The molecule has 1 amide bonds. The normalized spacial score (nSPS) is 13.4. The van der Waals surface area contributed by atoms with E-state index in [9.17, 15) is 0 Å². The van der Waals surface area contributed by atoms with Crippen LogP contribution in [0, 0.1) is 27.7 Å². The zero-order valence-corrected chi connectivity index (χ0v) is 51.1. The zero-order chi connectivity index (χ0) is 55.4. The van der Waals surface area contributed by atoms with E-state index in [1.54, 1.807) is 0 Å². The Morgan fingerprint density at radius 3 is 0.948 bits per heavy atom. The Morgan fingerprint density at radius 2 is 0.662 bits per heavy atom. The highest BCUT2D eigenvalue weighted by atomic mass is 16.5.